The molecule has 0 aliphatic heterocycles. The van der Waals surface area contributed by atoms with E-state index in [2.05, 4.69) is 167 Å². The summed E-state index contributed by atoms with van der Waals surface area (Å²) in [5, 5.41) is 0. The Morgan fingerprint density at radius 2 is 0.506 bits per heavy atom. The molecule has 0 aromatic carbocycles. The fraction of sp³-hybridized carbons (Fsp3) is 0.620. The lowest BCUT2D eigenvalue weighted by Crippen LogP contribution is -2.30. The van der Waals surface area contributed by atoms with Gasteiger partial charge in [-0.25, -0.2) is 0 Å². The Morgan fingerprint density at radius 3 is 0.805 bits per heavy atom. The average Bonchev–Trinajstić information content (AvgIpc) is 3.43. The number of rotatable bonds is 55. The summed E-state index contributed by atoms with van der Waals surface area (Å²) >= 11 is 0. The van der Waals surface area contributed by atoms with Crippen LogP contribution in [-0.2, 0) is 28.6 Å². The zero-order valence-corrected chi connectivity index (χ0v) is 49.7. The molecule has 0 spiro atoms. The summed E-state index contributed by atoms with van der Waals surface area (Å²) in [6.45, 7) is 6.37. The van der Waals surface area contributed by atoms with Crippen molar-refractivity contribution in [3.05, 3.63) is 146 Å². The van der Waals surface area contributed by atoms with Crippen molar-refractivity contribution in [1.82, 2.24) is 0 Å². The predicted octanol–water partition coefficient (Wildman–Crippen LogP) is 21.5. The Hall–Kier alpha value is -4.71. The highest BCUT2D eigenvalue weighted by Gasteiger charge is 2.19. The van der Waals surface area contributed by atoms with Gasteiger partial charge in [0.1, 0.15) is 13.2 Å². The molecule has 0 rings (SSSR count). The third-order valence-electron chi connectivity index (χ3n) is 12.8. The van der Waals surface area contributed by atoms with Gasteiger partial charge in [-0.1, -0.05) is 269 Å². The molecule has 6 heteroatoms. The van der Waals surface area contributed by atoms with E-state index in [4.69, 9.17) is 14.2 Å². The van der Waals surface area contributed by atoms with Gasteiger partial charge in [-0.15, -0.1) is 0 Å². The van der Waals surface area contributed by atoms with Crippen LogP contribution in [0.1, 0.15) is 265 Å². The molecule has 0 aromatic rings. The molecule has 0 saturated heterocycles. The van der Waals surface area contributed by atoms with Gasteiger partial charge in [0.15, 0.2) is 6.10 Å². The molecule has 0 saturated carbocycles. The van der Waals surface area contributed by atoms with Crippen molar-refractivity contribution < 1.29 is 28.6 Å². The number of unbranched alkanes of at least 4 members (excludes halogenated alkanes) is 20. The second kappa shape index (κ2) is 63.8. The minimum Gasteiger partial charge on any atom is -0.462 e. The summed E-state index contributed by atoms with van der Waals surface area (Å²) in [6.07, 6.45) is 91.4. The summed E-state index contributed by atoms with van der Waals surface area (Å²) in [7, 11) is 0. The quantitative estimate of drug-likeness (QED) is 0.0261. The number of carbonyl (C=O) groups is 3. The van der Waals surface area contributed by atoms with Crippen molar-refractivity contribution in [3.8, 4) is 0 Å². The summed E-state index contributed by atoms with van der Waals surface area (Å²) < 4.78 is 16.8. The Morgan fingerprint density at radius 1 is 0.273 bits per heavy atom. The van der Waals surface area contributed by atoms with Crippen LogP contribution in [0.5, 0.6) is 0 Å². The topological polar surface area (TPSA) is 78.9 Å². The van der Waals surface area contributed by atoms with Gasteiger partial charge in [0.05, 0.1) is 0 Å². The van der Waals surface area contributed by atoms with E-state index < -0.39 is 6.10 Å². The molecule has 6 nitrogen and oxygen atoms in total. The second-order valence-corrected chi connectivity index (χ2v) is 20.2. The summed E-state index contributed by atoms with van der Waals surface area (Å²) in [6, 6.07) is 0. The molecular weight excluding hydrogens is 949 g/mol. The number of esters is 3. The van der Waals surface area contributed by atoms with Gasteiger partial charge >= 0.3 is 17.9 Å². The molecule has 0 bridgehead atoms. The largest absolute Gasteiger partial charge is 0.462 e. The number of hydrogen-bond donors (Lipinski definition) is 0. The molecule has 0 radical (unpaired) electrons. The first-order valence-corrected chi connectivity index (χ1v) is 31.3. The van der Waals surface area contributed by atoms with Crippen LogP contribution in [0.15, 0.2) is 146 Å². The van der Waals surface area contributed by atoms with Crippen LogP contribution < -0.4 is 0 Å². The average molecular weight is 1060 g/mol. The maximum Gasteiger partial charge on any atom is 0.306 e. The molecule has 0 fully saturated rings. The third-order valence-corrected chi connectivity index (χ3v) is 12.8. The fourth-order valence-corrected chi connectivity index (χ4v) is 8.21. The molecule has 1 unspecified atom stereocenters. The zero-order chi connectivity index (χ0) is 55.7. The van der Waals surface area contributed by atoms with E-state index in [0.29, 0.717) is 19.3 Å². The first kappa shape index (κ1) is 72.3. The number of carbonyl (C=O) groups excluding carboxylic acids is 3. The van der Waals surface area contributed by atoms with Gasteiger partial charge in [0, 0.05) is 19.3 Å². The van der Waals surface area contributed by atoms with E-state index in [9.17, 15) is 14.4 Å². The van der Waals surface area contributed by atoms with Crippen molar-refractivity contribution in [2.75, 3.05) is 13.2 Å². The smallest absolute Gasteiger partial charge is 0.306 e. The molecule has 0 N–H and O–H groups in total. The second-order valence-electron chi connectivity index (χ2n) is 20.2. The highest BCUT2D eigenvalue weighted by molar-refractivity contribution is 5.71. The SMILES string of the molecule is CC/C=C\C/C=C\C/C=C\C/C=C\C/C=C\C/C=C\C/C=C\C/C=C\C/C=C\CCCCCC(=O)OCC(COC(=O)CCCCCCCCCCCCCCC)OC(=O)CCCCCCC/C=C\C/C=C\C/C=C\CC. The number of ether oxygens (including phenoxy) is 3. The number of hydrogen-bond acceptors (Lipinski definition) is 6. The summed E-state index contributed by atoms with van der Waals surface area (Å²) in [5.41, 5.74) is 0. The Labute approximate surface area is 474 Å². The predicted molar refractivity (Wildman–Crippen MR) is 334 cm³/mol. The van der Waals surface area contributed by atoms with Crippen LogP contribution in [0.4, 0.5) is 0 Å². The Balaban J connectivity index is 4.39. The number of allylic oxidation sites excluding steroid dienone is 24. The zero-order valence-electron chi connectivity index (χ0n) is 49.7. The Kier molecular flexibility index (Phi) is 59.9. The first-order chi connectivity index (χ1) is 38.0. The molecule has 0 aromatic heterocycles. The van der Waals surface area contributed by atoms with Crippen LogP contribution in [0.3, 0.4) is 0 Å². The molecule has 0 aliphatic carbocycles. The van der Waals surface area contributed by atoms with E-state index in [1.165, 1.54) is 64.2 Å². The van der Waals surface area contributed by atoms with Gasteiger partial charge in [0.2, 0.25) is 0 Å². The minimum atomic E-state index is -0.806. The van der Waals surface area contributed by atoms with Gasteiger partial charge in [-0.05, 0) is 122 Å². The van der Waals surface area contributed by atoms with E-state index in [0.717, 1.165) is 161 Å². The van der Waals surface area contributed by atoms with E-state index in [-0.39, 0.29) is 31.1 Å². The van der Waals surface area contributed by atoms with E-state index in [1.54, 1.807) is 0 Å². The van der Waals surface area contributed by atoms with Crippen LogP contribution in [0, 0.1) is 0 Å². The van der Waals surface area contributed by atoms with Gasteiger partial charge in [-0.2, -0.15) is 0 Å². The molecule has 0 aliphatic rings. The minimum absolute atomic E-state index is 0.0984. The highest BCUT2D eigenvalue weighted by Crippen LogP contribution is 2.15. The van der Waals surface area contributed by atoms with E-state index >= 15 is 0 Å². The summed E-state index contributed by atoms with van der Waals surface area (Å²) in [4.78, 5) is 38.2. The van der Waals surface area contributed by atoms with Crippen LogP contribution in [0.2, 0.25) is 0 Å². The molecule has 1 atom stereocenters. The molecule has 434 valence electrons. The van der Waals surface area contributed by atoms with Crippen LogP contribution in [-0.4, -0.2) is 37.2 Å². The maximum absolute atomic E-state index is 12.9. The lowest BCUT2D eigenvalue weighted by molar-refractivity contribution is -0.167. The Bertz CT molecular complexity index is 1700. The fourth-order valence-electron chi connectivity index (χ4n) is 8.21. The summed E-state index contributed by atoms with van der Waals surface area (Å²) in [5.74, 6) is -0.951. The van der Waals surface area contributed by atoms with Crippen molar-refractivity contribution in [2.45, 2.75) is 271 Å². The van der Waals surface area contributed by atoms with Crippen LogP contribution >= 0.6 is 0 Å². The molecule has 0 amide bonds. The van der Waals surface area contributed by atoms with Crippen molar-refractivity contribution in [3.63, 3.8) is 0 Å². The lowest BCUT2D eigenvalue weighted by Gasteiger charge is -2.18. The van der Waals surface area contributed by atoms with Gasteiger partial charge in [0.25, 0.3) is 0 Å². The monoisotopic (exact) mass is 1060 g/mol. The highest BCUT2D eigenvalue weighted by atomic mass is 16.6. The van der Waals surface area contributed by atoms with Crippen molar-refractivity contribution >= 4 is 17.9 Å². The van der Waals surface area contributed by atoms with Crippen LogP contribution in [0.25, 0.3) is 0 Å². The van der Waals surface area contributed by atoms with Gasteiger partial charge < -0.3 is 14.2 Å². The first-order valence-electron chi connectivity index (χ1n) is 31.3. The normalized spacial score (nSPS) is 13.1. The van der Waals surface area contributed by atoms with Gasteiger partial charge in [-0.3, -0.25) is 14.4 Å². The molecule has 0 heterocycles. The van der Waals surface area contributed by atoms with Crippen molar-refractivity contribution in [2.24, 2.45) is 0 Å². The van der Waals surface area contributed by atoms with Crippen molar-refractivity contribution in [1.29, 1.82) is 0 Å². The van der Waals surface area contributed by atoms with E-state index in [1.807, 2.05) is 0 Å². The molecular formula is C71H114O6. The maximum atomic E-state index is 12.9. The third kappa shape index (κ3) is 62.0. The standard InChI is InChI=1S/C71H114O6/c1-4-7-10-13-16-19-22-25-27-28-29-30-31-32-33-34-35-36-37-38-39-40-41-42-44-46-49-52-55-58-61-64-70(73)76-67-68(66-75-69(72)63-60-57-54-51-48-45-24-21-18-15-12-9-6-3)77-71(74)65-62-59-56-53-50-47-43-26-23-20-17-14-11-8-5-2/h7-8,10-11,16-17,19-20,25-27,29-30,32-33,35-36,38-39,41-43,46,49,68H,4-6,9,12-15,18,21-24,28,31,34,37,40,44-45,47-48,50-67H2,1-3H3/b10-7-,11-8-,19-16-,20-17-,27-25-,30-29-,33-32-,36-35-,39-38-,42-41-,43-26-,49-46-. The molecule has 77 heavy (non-hydrogen) atoms. The lowest BCUT2D eigenvalue weighted by atomic mass is 10.0.